The molecule has 1 saturated carbocycles. The van der Waals surface area contributed by atoms with E-state index in [1.807, 2.05) is 13.0 Å². The molecule has 1 aromatic carbocycles. The minimum Gasteiger partial charge on any atom is -0.496 e. The highest BCUT2D eigenvalue weighted by Gasteiger charge is 2.36. The molecule has 94 valence electrons. The number of rotatable bonds is 3. The summed E-state index contributed by atoms with van der Waals surface area (Å²) >= 11 is 6.40. The van der Waals surface area contributed by atoms with Gasteiger partial charge in [0.15, 0.2) is 0 Å². The third kappa shape index (κ3) is 2.16. The van der Waals surface area contributed by atoms with Crippen molar-refractivity contribution in [1.82, 2.24) is 0 Å². The summed E-state index contributed by atoms with van der Waals surface area (Å²) in [6.45, 7) is 2.68. The van der Waals surface area contributed by atoms with Gasteiger partial charge < -0.3 is 10.5 Å². The molecule has 2 N–H and O–H groups in total. The number of nitrogens with two attached hydrogens (primary N) is 1. The summed E-state index contributed by atoms with van der Waals surface area (Å²) in [5.74, 6) is 0.907. The van der Waals surface area contributed by atoms with Crippen molar-refractivity contribution in [2.45, 2.75) is 38.0 Å². The molecule has 1 aliphatic carbocycles. The highest BCUT2D eigenvalue weighted by molar-refractivity contribution is 6.31. The lowest BCUT2D eigenvalue weighted by molar-refractivity contribution is 0.405. The molecule has 0 amide bonds. The van der Waals surface area contributed by atoms with Gasteiger partial charge in [-0.15, -0.1) is 0 Å². The fourth-order valence-corrected chi connectivity index (χ4v) is 3.33. The van der Waals surface area contributed by atoms with E-state index in [9.17, 15) is 0 Å². The molecule has 1 aromatic rings. The first-order valence-electron chi connectivity index (χ1n) is 6.17. The molecule has 0 radical (unpaired) electrons. The largest absolute Gasteiger partial charge is 0.496 e. The Hall–Kier alpha value is -0.730. The first kappa shape index (κ1) is 12.7. The van der Waals surface area contributed by atoms with E-state index in [1.165, 1.54) is 18.4 Å². The number of ether oxygens (including phenoxy) is 1. The topological polar surface area (TPSA) is 35.2 Å². The van der Waals surface area contributed by atoms with E-state index in [4.69, 9.17) is 22.1 Å². The molecule has 1 fully saturated rings. The maximum atomic E-state index is 6.40. The Morgan fingerprint density at radius 2 is 2.00 bits per heavy atom. The summed E-state index contributed by atoms with van der Waals surface area (Å²) in [6.07, 6.45) is 4.75. The number of aryl methyl sites for hydroxylation is 1. The second-order valence-electron chi connectivity index (χ2n) is 4.99. The van der Waals surface area contributed by atoms with E-state index in [0.29, 0.717) is 6.54 Å². The molecule has 2 rings (SSSR count). The van der Waals surface area contributed by atoms with Gasteiger partial charge >= 0.3 is 0 Å². The van der Waals surface area contributed by atoms with Gasteiger partial charge in [-0.05, 0) is 43.0 Å². The fourth-order valence-electron chi connectivity index (χ4n) is 2.91. The molecule has 0 atom stereocenters. The van der Waals surface area contributed by atoms with E-state index >= 15 is 0 Å². The second-order valence-corrected chi connectivity index (χ2v) is 5.40. The molecule has 0 bridgehead atoms. The molecular formula is C14H20ClNO. The average Bonchev–Trinajstić information content (AvgIpc) is 2.79. The molecule has 17 heavy (non-hydrogen) atoms. The number of hydrogen-bond donors (Lipinski definition) is 1. The summed E-state index contributed by atoms with van der Waals surface area (Å²) in [4.78, 5) is 0. The van der Waals surface area contributed by atoms with Crippen molar-refractivity contribution in [3.63, 3.8) is 0 Å². The molecule has 0 unspecified atom stereocenters. The first-order chi connectivity index (χ1) is 8.13. The third-order valence-corrected chi connectivity index (χ3v) is 4.32. The van der Waals surface area contributed by atoms with E-state index < -0.39 is 0 Å². The molecule has 0 heterocycles. The van der Waals surface area contributed by atoms with Gasteiger partial charge in [0.05, 0.1) is 7.11 Å². The molecule has 0 aromatic heterocycles. The van der Waals surface area contributed by atoms with E-state index in [1.54, 1.807) is 7.11 Å². The van der Waals surface area contributed by atoms with E-state index in [-0.39, 0.29) is 5.41 Å². The van der Waals surface area contributed by atoms with Crippen molar-refractivity contribution in [2.24, 2.45) is 5.73 Å². The van der Waals surface area contributed by atoms with Crippen LogP contribution in [0.3, 0.4) is 0 Å². The van der Waals surface area contributed by atoms with Crippen LogP contribution in [0.4, 0.5) is 0 Å². The Bertz CT molecular complexity index is 411. The number of methoxy groups -OCH3 is 1. The van der Waals surface area contributed by atoms with Crippen molar-refractivity contribution in [2.75, 3.05) is 13.7 Å². The van der Waals surface area contributed by atoms with Gasteiger partial charge in [0.1, 0.15) is 5.75 Å². The van der Waals surface area contributed by atoms with E-state index in [2.05, 4.69) is 6.07 Å². The van der Waals surface area contributed by atoms with Crippen LogP contribution in [0.2, 0.25) is 5.02 Å². The standard InChI is InChI=1S/C14H20ClNO/c1-10-7-12(15)11(8-13(10)17-2)14(9-16)5-3-4-6-14/h7-8H,3-6,9,16H2,1-2H3. The van der Waals surface area contributed by atoms with Gasteiger partial charge in [-0.25, -0.2) is 0 Å². The lowest BCUT2D eigenvalue weighted by atomic mass is 9.78. The Balaban J connectivity index is 2.50. The highest BCUT2D eigenvalue weighted by Crippen LogP contribution is 2.44. The Kier molecular flexibility index (Phi) is 3.64. The van der Waals surface area contributed by atoms with Gasteiger partial charge in [-0.1, -0.05) is 24.4 Å². The van der Waals surface area contributed by atoms with Crippen LogP contribution in [-0.2, 0) is 5.41 Å². The van der Waals surface area contributed by atoms with Crippen LogP contribution in [0.15, 0.2) is 12.1 Å². The van der Waals surface area contributed by atoms with Crippen molar-refractivity contribution in [1.29, 1.82) is 0 Å². The van der Waals surface area contributed by atoms with Crippen LogP contribution in [0, 0.1) is 6.92 Å². The monoisotopic (exact) mass is 253 g/mol. The van der Waals surface area contributed by atoms with Gasteiger partial charge in [0.2, 0.25) is 0 Å². The summed E-state index contributed by atoms with van der Waals surface area (Å²) in [5, 5.41) is 0.829. The normalized spacial score (nSPS) is 18.4. The van der Waals surface area contributed by atoms with Crippen molar-refractivity contribution < 1.29 is 4.74 Å². The van der Waals surface area contributed by atoms with Gasteiger partial charge in [-0.2, -0.15) is 0 Å². The highest BCUT2D eigenvalue weighted by atomic mass is 35.5. The smallest absolute Gasteiger partial charge is 0.122 e. The Labute approximate surface area is 108 Å². The van der Waals surface area contributed by atoms with Crippen molar-refractivity contribution >= 4 is 11.6 Å². The second kappa shape index (κ2) is 4.87. The Morgan fingerprint density at radius 3 is 2.53 bits per heavy atom. The summed E-state index contributed by atoms with van der Waals surface area (Å²) in [6, 6.07) is 4.07. The number of hydrogen-bond acceptors (Lipinski definition) is 2. The molecule has 3 heteroatoms. The van der Waals surface area contributed by atoms with Gasteiger partial charge in [0, 0.05) is 17.0 Å². The zero-order chi connectivity index (χ0) is 12.5. The van der Waals surface area contributed by atoms with Crippen LogP contribution in [-0.4, -0.2) is 13.7 Å². The molecule has 0 aliphatic heterocycles. The zero-order valence-corrected chi connectivity index (χ0v) is 11.3. The molecule has 0 spiro atoms. The van der Waals surface area contributed by atoms with E-state index in [0.717, 1.165) is 29.2 Å². The molecule has 1 aliphatic rings. The minimum atomic E-state index is 0.0675. The maximum Gasteiger partial charge on any atom is 0.122 e. The lowest BCUT2D eigenvalue weighted by Crippen LogP contribution is -2.32. The van der Waals surface area contributed by atoms with Crippen molar-refractivity contribution in [3.05, 3.63) is 28.3 Å². The quantitative estimate of drug-likeness (QED) is 0.896. The fraction of sp³-hybridized carbons (Fsp3) is 0.571. The predicted molar refractivity (Wildman–Crippen MR) is 71.9 cm³/mol. The number of benzene rings is 1. The minimum absolute atomic E-state index is 0.0675. The van der Waals surface area contributed by atoms with Crippen LogP contribution in [0.25, 0.3) is 0 Å². The first-order valence-corrected chi connectivity index (χ1v) is 6.55. The number of halogens is 1. The molecule has 2 nitrogen and oxygen atoms in total. The average molecular weight is 254 g/mol. The predicted octanol–water partition coefficient (Wildman–Crippen LogP) is 3.43. The van der Waals surface area contributed by atoms with Crippen LogP contribution >= 0.6 is 11.6 Å². The van der Waals surface area contributed by atoms with Crippen LogP contribution in [0.1, 0.15) is 36.8 Å². The lowest BCUT2D eigenvalue weighted by Gasteiger charge is -2.29. The Morgan fingerprint density at radius 1 is 1.35 bits per heavy atom. The van der Waals surface area contributed by atoms with Crippen molar-refractivity contribution in [3.8, 4) is 5.75 Å². The SMILES string of the molecule is COc1cc(C2(CN)CCCC2)c(Cl)cc1C. The summed E-state index contributed by atoms with van der Waals surface area (Å²) in [5.41, 5.74) is 8.31. The maximum absolute atomic E-state index is 6.40. The summed E-state index contributed by atoms with van der Waals surface area (Å²) < 4.78 is 5.39. The van der Waals surface area contributed by atoms with Gasteiger partial charge in [0.25, 0.3) is 0 Å². The molecular weight excluding hydrogens is 234 g/mol. The van der Waals surface area contributed by atoms with Crippen LogP contribution < -0.4 is 10.5 Å². The van der Waals surface area contributed by atoms with Crippen LogP contribution in [0.5, 0.6) is 5.75 Å². The zero-order valence-electron chi connectivity index (χ0n) is 10.6. The third-order valence-electron chi connectivity index (χ3n) is 4.01. The van der Waals surface area contributed by atoms with Gasteiger partial charge in [-0.3, -0.25) is 0 Å². The summed E-state index contributed by atoms with van der Waals surface area (Å²) in [7, 11) is 1.70. The molecule has 0 saturated heterocycles.